The molecule has 1 aliphatic heterocycles. The van der Waals surface area contributed by atoms with Gasteiger partial charge in [0.2, 0.25) is 5.89 Å². The zero-order valence-electron chi connectivity index (χ0n) is 15.7. The maximum Gasteiger partial charge on any atom is 0.226 e. The van der Waals surface area contributed by atoms with Gasteiger partial charge in [-0.1, -0.05) is 30.3 Å². The van der Waals surface area contributed by atoms with Crippen LogP contribution in [0.3, 0.4) is 0 Å². The highest BCUT2D eigenvalue weighted by Gasteiger charge is 2.18. The molecule has 5 nitrogen and oxygen atoms in total. The Morgan fingerprint density at radius 1 is 0.889 bits per heavy atom. The lowest BCUT2D eigenvalue weighted by atomic mass is 10.2. The van der Waals surface area contributed by atoms with Crippen LogP contribution >= 0.6 is 0 Å². The average Bonchev–Trinajstić information content (AvgIpc) is 3.19. The molecule has 0 unspecified atom stereocenters. The quantitative estimate of drug-likeness (QED) is 0.668. The summed E-state index contributed by atoms with van der Waals surface area (Å²) in [5, 5.41) is 0. The third kappa shape index (κ3) is 4.56. The topological polar surface area (TPSA) is 41.7 Å². The molecular formula is C22H25N3O2. The Kier molecular flexibility index (Phi) is 5.51. The van der Waals surface area contributed by atoms with Gasteiger partial charge in [0.05, 0.1) is 12.8 Å². The third-order valence-electron chi connectivity index (χ3n) is 4.99. The van der Waals surface area contributed by atoms with E-state index in [1.165, 1.54) is 5.56 Å². The average molecular weight is 363 g/mol. The molecule has 1 fully saturated rings. The summed E-state index contributed by atoms with van der Waals surface area (Å²) in [5.74, 6) is 1.49. The van der Waals surface area contributed by atoms with E-state index in [4.69, 9.17) is 9.15 Å². The molecule has 0 bridgehead atoms. The summed E-state index contributed by atoms with van der Waals surface area (Å²) >= 11 is 0. The maximum absolute atomic E-state index is 5.68. The molecule has 1 aliphatic rings. The van der Waals surface area contributed by atoms with Crippen LogP contribution in [0.5, 0.6) is 5.75 Å². The molecule has 4 rings (SSSR count). The van der Waals surface area contributed by atoms with Crippen molar-refractivity contribution >= 4 is 0 Å². The third-order valence-corrected chi connectivity index (χ3v) is 4.99. The molecule has 3 aromatic rings. The van der Waals surface area contributed by atoms with Crippen molar-refractivity contribution in [2.75, 3.05) is 33.3 Å². The van der Waals surface area contributed by atoms with Crippen molar-refractivity contribution in [3.8, 4) is 17.2 Å². The number of benzene rings is 2. The molecule has 5 heteroatoms. The number of aromatic nitrogens is 1. The van der Waals surface area contributed by atoms with Crippen LogP contribution in [0.15, 0.2) is 65.3 Å². The molecule has 0 atom stereocenters. The Morgan fingerprint density at radius 2 is 1.56 bits per heavy atom. The SMILES string of the molecule is COc1ccc(-c2nc(CN3CCN(Cc4ccccc4)CC3)co2)cc1. The van der Waals surface area contributed by atoms with Gasteiger partial charge in [0.25, 0.3) is 0 Å². The molecule has 0 amide bonds. The van der Waals surface area contributed by atoms with Crippen molar-refractivity contribution in [2.45, 2.75) is 13.1 Å². The number of oxazole rings is 1. The Bertz CT molecular complexity index is 838. The summed E-state index contributed by atoms with van der Waals surface area (Å²) in [6.45, 7) is 6.13. The highest BCUT2D eigenvalue weighted by Crippen LogP contribution is 2.22. The van der Waals surface area contributed by atoms with Crippen molar-refractivity contribution in [2.24, 2.45) is 0 Å². The number of hydrogen-bond donors (Lipinski definition) is 0. The summed E-state index contributed by atoms with van der Waals surface area (Å²) in [4.78, 5) is 9.61. The second-order valence-corrected chi connectivity index (χ2v) is 6.91. The van der Waals surface area contributed by atoms with Crippen LogP contribution in [-0.2, 0) is 13.1 Å². The maximum atomic E-state index is 5.68. The minimum Gasteiger partial charge on any atom is -0.497 e. The van der Waals surface area contributed by atoms with Crippen molar-refractivity contribution in [3.63, 3.8) is 0 Å². The van der Waals surface area contributed by atoms with Crippen LogP contribution in [0, 0.1) is 0 Å². The monoisotopic (exact) mass is 363 g/mol. The molecule has 0 N–H and O–H groups in total. The van der Waals surface area contributed by atoms with E-state index in [9.17, 15) is 0 Å². The molecule has 0 aliphatic carbocycles. The van der Waals surface area contributed by atoms with Gasteiger partial charge in [-0.3, -0.25) is 9.80 Å². The van der Waals surface area contributed by atoms with Crippen LogP contribution in [-0.4, -0.2) is 48.1 Å². The molecule has 140 valence electrons. The zero-order chi connectivity index (χ0) is 18.5. The molecule has 27 heavy (non-hydrogen) atoms. The first-order chi connectivity index (χ1) is 13.3. The van der Waals surface area contributed by atoms with Crippen LogP contribution in [0.4, 0.5) is 0 Å². The van der Waals surface area contributed by atoms with Gasteiger partial charge in [-0.05, 0) is 29.8 Å². The van der Waals surface area contributed by atoms with Crippen LogP contribution < -0.4 is 4.74 Å². The van der Waals surface area contributed by atoms with E-state index < -0.39 is 0 Å². The van der Waals surface area contributed by atoms with Crippen molar-refractivity contribution in [3.05, 3.63) is 72.1 Å². The van der Waals surface area contributed by atoms with Crippen LogP contribution in [0.25, 0.3) is 11.5 Å². The lowest BCUT2D eigenvalue weighted by molar-refractivity contribution is 0.121. The molecule has 2 aromatic carbocycles. The van der Waals surface area contributed by atoms with Crippen molar-refractivity contribution in [1.82, 2.24) is 14.8 Å². The molecule has 1 saturated heterocycles. The number of methoxy groups -OCH3 is 1. The predicted molar refractivity (Wildman–Crippen MR) is 105 cm³/mol. The first kappa shape index (κ1) is 17.8. The second kappa shape index (κ2) is 8.37. The van der Waals surface area contributed by atoms with E-state index in [0.29, 0.717) is 5.89 Å². The van der Waals surface area contributed by atoms with Crippen molar-refractivity contribution < 1.29 is 9.15 Å². The Labute approximate surface area is 160 Å². The van der Waals surface area contributed by atoms with Gasteiger partial charge in [0, 0.05) is 44.8 Å². The molecular weight excluding hydrogens is 338 g/mol. The minimum atomic E-state index is 0.662. The summed E-state index contributed by atoms with van der Waals surface area (Å²) in [7, 11) is 1.66. The fourth-order valence-corrected chi connectivity index (χ4v) is 3.42. The van der Waals surface area contributed by atoms with Gasteiger partial charge in [0.1, 0.15) is 12.0 Å². The van der Waals surface area contributed by atoms with E-state index in [1.807, 2.05) is 24.3 Å². The Hall–Kier alpha value is -2.63. The van der Waals surface area contributed by atoms with Crippen molar-refractivity contribution in [1.29, 1.82) is 0 Å². The van der Waals surface area contributed by atoms with E-state index in [2.05, 4.69) is 45.1 Å². The summed E-state index contributed by atoms with van der Waals surface area (Å²) in [6.07, 6.45) is 1.77. The first-order valence-electron chi connectivity index (χ1n) is 9.37. The van der Waals surface area contributed by atoms with Crippen LogP contribution in [0.1, 0.15) is 11.3 Å². The summed E-state index contributed by atoms with van der Waals surface area (Å²) in [5.41, 5.74) is 3.33. The fourth-order valence-electron chi connectivity index (χ4n) is 3.42. The standard InChI is InChI=1S/C22H25N3O2/c1-26-21-9-7-19(8-10-21)22-23-20(17-27-22)16-25-13-11-24(12-14-25)15-18-5-3-2-4-6-18/h2-10,17H,11-16H2,1H3. The fraction of sp³-hybridized carbons (Fsp3) is 0.318. The normalized spacial score (nSPS) is 15.7. The first-order valence-corrected chi connectivity index (χ1v) is 9.37. The molecule has 0 spiro atoms. The highest BCUT2D eigenvalue weighted by atomic mass is 16.5. The van der Waals surface area contributed by atoms with Gasteiger partial charge in [-0.15, -0.1) is 0 Å². The van der Waals surface area contributed by atoms with Gasteiger partial charge < -0.3 is 9.15 Å². The minimum absolute atomic E-state index is 0.662. The lowest BCUT2D eigenvalue weighted by Gasteiger charge is -2.34. The molecule has 0 saturated carbocycles. The Balaban J connectivity index is 1.30. The van der Waals surface area contributed by atoms with Gasteiger partial charge >= 0.3 is 0 Å². The Morgan fingerprint density at radius 3 is 2.22 bits per heavy atom. The molecule has 0 radical (unpaired) electrons. The highest BCUT2D eigenvalue weighted by molar-refractivity contribution is 5.54. The lowest BCUT2D eigenvalue weighted by Crippen LogP contribution is -2.45. The van der Waals surface area contributed by atoms with E-state index in [-0.39, 0.29) is 0 Å². The summed E-state index contributed by atoms with van der Waals surface area (Å²) < 4.78 is 10.9. The zero-order valence-corrected chi connectivity index (χ0v) is 15.7. The number of nitrogens with zero attached hydrogens (tertiary/aromatic N) is 3. The largest absolute Gasteiger partial charge is 0.497 e. The number of hydrogen-bond acceptors (Lipinski definition) is 5. The van der Waals surface area contributed by atoms with E-state index in [1.54, 1.807) is 13.4 Å². The smallest absolute Gasteiger partial charge is 0.226 e. The molecule has 1 aromatic heterocycles. The number of ether oxygens (including phenoxy) is 1. The van der Waals surface area contributed by atoms with E-state index >= 15 is 0 Å². The number of piperazine rings is 1. The summed E-state index contributed by atoms with van der Waals surface area (Å²) in [6, 6.07) is 18.5. The number of rotatable bonds is 6. The second-order valence-electron chi connectivity index (χ2n) is 6.91. The predicted octanol–water partition coefficient (Wildman–Crippen LogP) is 3.67. The van der Waals surface area contributed by atoms with E-state index in [0.717, 1.165) is 56.3 Å². The van der Waals surface area contributed by atoms with Crippen LogP contribution in [0.2, 0.25) is 0 Å². The van der Waals surface area contributed by atoms with Gasteiger partial charge in [-0.25, -0.2) is 4.98 Å². The molecule has 2 heterocycles. The van der Waals surface area contributed by atoms with Gasteiger partial charge in [-0.2, -0.15) is 0 Å². The van der Waals surface area contributed by atoms with Gasteiger partial charge in [0.15, 0.2) is 0 Å².